The van der Waals surface area contributed by atoms with Crippen LogP contribution in [-0.2, 0) is 12.7 Å². The maximum atomic E-state index is 12.8. The Balaban J connectivity index is 2.25. The topological polar surface area (TPSA) is 55.2 Å². The van der Waals surface area contributed by atoms with E-state index in [4.69, 9.17) is 0 Å². The largest absolute Gasteiger partial charge is 0.423 e. The predicted octanol–water partition coefficient (Wildman–Crippen LogP) is 4.29. The molecule has 106 valence electrons. The minimum atomic E-state index is -4.76. The number of rotatable bonds is 4. The summed E-state index contributed by atoms with van der Waals surface area (Å²) >= 11 is 1.48. The van der Waals surface area contributed by atoms with Gasteiger partial charge < -0.3 is 5.32 Å². The van der Waals surface area contributed by atoms with Gasteiger partial charge in [-0.1, -0.05) is 0 Å². The van der Waals surface area contributed by atoms with Crippen molar-refractivity contribution in [3.8, 4) is 0 Å². The molecule has 0 aliphatic carbocycles. The van der Waals surface area contributed by atoms with Crippen LogP contribution in [0.3, 0.4) is 0 Å². The smallest absolute Gasteiger partial charge is 0.381 e. The molecule has 0 saturated carbocycles. The number of hydrogen-bond donors (Lipinski definition) is 1. The molecule has 0 saturated heterocycles. The molecule has 0 aliphatic rings. The van der Waals surface area contributed by atoms with Gasteiger partial charge in [0.25, 0.3) is 5.69 Å². The van der Waals surface area contributed by atoms with Gasteiger partial charge in [-0.05, 0) is 34.5 Å². The number of benzene rings is 1. The van der Waals surface area contributed by atoms with Crippen LogP contribution < -0.4 is 5.32 Å². The van der Waals surface area contributed by atoms with Gasteiger partial charge in [-0.3, -0.25) is 10.1 Å². The van der Waals surface area contributed by atoms with E-state index in [1.54, 1.807) is 0 Å². The Hall–Kier alpha value is -2.09. The van der Waals surface area contributed by atoms with Gasteiger partial charge in [0.15, 0.2) is 0 Å². The summed E-state index contributed by atoms with van der Waals surface area (Å²) in [7, 11) is 0. The van der Waals surface area contributed by atoms with E-state index in [9.17, 15) is 23.3 Å². The molecule has 2 aromatic rings. The van der Waals surface area contributed by atoms with Crippen LogP contribution in [0.1, 0.15) is 11.1 Å². The van der Waals surface area contributed by atoms with Gasteiger partial charge in [-0.15, -0.1) is 0 Å². The number of hydrogen-bond acceptors (Lipinski definition) is 4. The molecule has 1 N–H and O–H groups in total. The zero-order chi connectivity index (χ0) is 14.8. The zero-order valence-electron chi connectivity index (χ0n) is 9.98. The van der Waals surface area contributed by atoms with Crippen LogP contribution in [0.4, 0.5) is 24.5 Å². The van der Waals surface area contributed by atoms with Crippen molar-refractivity contribution in [3.63, 3.8) is 0 Å². The van der Waals surface area contributed by atoms with Crippen LogP contribution in [0.2, 0.25) is 0 Å². The summed E-state index contributed by atoms with van der Waals surface area (Å²) in [6, 6.07) is 4.72. The molecular formula is C12H9F3N2O2S. The average molecular weight is 302 g/mol. The summed E-state index contributed by atoms with van der Waals surface area (Å²) < 4.78 is 38.3. The van der Waals surface area contributed by atoms with E-state index in [0.717, 1.165) is 17.7 Å². The second-order valence-electron chi connectivity index (χ2n) is 3.97. The Morgan fingerprint density at radius 1 is 1.30 bits per heavy atom. The van der Waals surface area contributed by atoms with Crippen LogP contribution >= 0.6 is 11.3 Å². The van der Waals surface area contributed by atoms with Crippen LogP contribution in [0.25, 0.3) is 0 Å². The molecule has 0 aliphatic heterocycles. The molecule has 0 spiro atoms. The molecule has 0 amide bonds. The molecule has 1 aromatic heterocycles. The summed E-state index contributed by atoms with van der Waals surface area (Å²) in [4.78, 5) is 9.57. The van der Waals surface area contributed by atoms with E-state index in [1.807, 2.05) is 16.8 Å². The molecule has 0 bridgehead atoms. The fourth-order valence-corrected chi connectivity index (χ4v) is 2.30. The number of thiophene rings is 1. The van der Waals surface area contributed by atoms with Gasteiger partial charge in [-0.25, -0.2) is 0 Å². The second-order valence-corrected chi connectivity index (χ2v) is 4.75. The molecule has 4 nitrogen and oxygen atoms in total. The summed E-state index contributed by atoms with van der Waals surface area (Å²) in [6.07, 6.45) is -4.76. The predicted molar refractivity (Wildman–Crippen MR) is 69.7 cm³/mol. The highest BCUT2D eigenvalue weighted by atomic mass is 32.1. The maximum Gasteiger partial charge on any atom is 0.423 e. The van der Waals surface area contributed by atoms with Gasteiger partial charge in [0.05, 0.1) is 4.92 Å². The average Bonchev–Trinajstić information content (AvgIpc) is 2.88. The molecule has 0 atom stereocenters. The van der Waals surface area contributed by atoms with Crippen molar-refractivity contribution < 1.29 is 18.1 Å². The van der Waals surface area contributed by atoms with Crippen LogP contribution in [-0.4, -0.2) is 4.92 Å². The monoisotopic (exact) mass is 302 g/mol. The standard InChI is InChI=1S/C12H9F3N2O2S/c13-12(14,15)10-5-9(1-2-11(10)17(18)19)16-6-8-3-4-20-7-8/h1-5,7,16H,6H2. The third kappa shape index (κ3) is 3.27. The first-order valence-electron chi connectivity index (χ1n) is 5.48. The first-order chi connectivity index (χ1) is 9.38. The molecule has 20 heavy (non-hydrogen) atoms. The Labute approximate surface area is 116 Å². The van der Waals surface area contributed by atoms with Crippen LogP contribution in [0, 0.1) is 10.1 Å². The number of nitrogens with zero attached hydrogens (tertiary/aromatic N) is 1. The number of nitro benzene ring substituents is 1. The van der Waals surface area contributed by atoms with Crippen molar-refractivity contribution in [2.24, 2.45) is 0 Å². The molecular weight excluding hydrogens is 293 g/mol. The molecule has 8 heteroatoms. The Morgan fingerprint density at radius 3 is 2.60 bits per heavy atom. The number of nitro groups is 1. The van der Waals surface area contributed by atoms with E-state index in [0.29, 0.717) is 6.54 Å². The quantitative estimate of drug-likeness (QED) is 0.677. The van der Waals surface area contributed by atoms with Gasteiger partial charge in [0, 0.05) is 18.3 Å². The van der Waals surface area contributed by atoms with Crippen molar-refractivity contribution in [2.75, 3.05) is 5.32 Å². The fourth-order valence-electron chi connectivity index (χ4n) is 1.63. The minimum absolute atomic E-state index is 0.189. The van der Waals surface area contributed by atoms with Crippen molar-refractivity contribution in [3.05, 3.63) is 56.3 Å². The highest BCUT2D eigenvalue weighted by molar-refractivity contribution is 7.07. The van der Waals surface area contributed by atoms with Crippen LogP contribution in [0.15, 0.2) is 35.0 Å². The van der Waals surface area contributed by atoms with Gasteiger partial charge >= 0.3 is 6.18 Å². The van der Waals surface area contributed by atoms with Gasteiger partial charge in [0.1, 0.15) is 5.56 Å². The molecule has 1 heterocycles. The first kappa shape index (κ1) is 14.3. The van der Waals surface area contributed by atoms with E-state index in [2.05, 4.69) is 5.32 Å². The van der Waals surface area contributed by atoms with E-state index in [-0.39, 0.29) is 5.69 Å². The summed E-state index contributed by atoms with van der Waals surface area (Å²) in [5.41, 5.74) is -1.08. The normalized spacial score (nSPS) is 11.3. The minimum Gasteiger partial charge on any atom is -0.381 e. The highest BCUT2D eigenvalue weighted by Gasteiger charge is 2.38. The third-order valence-corrected chi connectivity index (χ3v) is 3.31. The summed E-state index contributed by atoms with van der Waals surface area (Å²) in [6.45, 7) is 0.360. The van der Waals surface area contributed by atoms with Crippen molar-refractivity contribution in [2.45, 2.75) is 12.7 Å². The fraction of sp³-hybridized carbons (Fsp3) is 0.167. The van der Waals surface area contributed by atoms with Crippen molar-refractivity contribution in [1.29, 1.82) is 0 Å². The van der Waals surface area contributed by atoms with Crippen molar-refractivity contribution >= 4 is 22.7 Å². The van der Waals surface area contributed by atoms with Gasteiger partial charge in [0.2, 0.25) is 0 Å². The van der Waals surface area contributed by atoms with Crippen LogP contribution in [0.5, 0.6) is 0 Å². The molecule has 0 unspecified atom stereocenters. The summed E-state index contributed by atoms with van der Waals surface area (Å²) in [5, 5.41) is 17.1. The first-order valence-corrected chi connectivity index (χ1v) is 6.43. The third-order valence-electron chi connectivity index (χ3n) is 2.58. The number of halogens is 3. The Kier molecular flexibility index (Phi) is 3.93. The number of alkyl halides is 3. The van der Waals surface area contributed by atoms with E-state index in [1.165, 1.54) is 17.4 Å². The number of nitrogens with one attached hydrogen (secondary N) is 1. The molecule has 2 rings (SSSR count). The number of anilines is 1. The van der Waals surface area contributed by atoms with Crippen molar-refractivity contribution in [1.82, 2.24) is 0 Å². The van der Waals surface area contributed by atoms with Gasteiger partial charge in [-0.2, -0.15) is 24.5 Å². The lowest BCUT2D eigenvalue weighted by Crippen LogP contribution is -2.10. The Morgan fingerprint density at radius 2 is 2.05 bits per heavy atom. The van der Waals surface area contributed by atoms with E-state index >= 15 is 0 Å². The molecule has 1 aromatic carbocycles. The summed E-state index contributed by atoms with van der Waals surface area (Å²) in [5.74, 6) is 0. The highest BCUT2D eigenvalue weighted by Crippen LogP contribution is 2.37. The Bertz CT molecular complexity index is 612. The van der Waals surface area contributed by atoms with E-state index < -0.39 is 22.4 Å². The zero-order valence-corrected chi connectivity index (χ0v) is 10.8. The SMILES string of the molecule is O=[N+]([O-])c1ccc(NCc2ccsc2)cc1C(F)(F)F. The lowest BCUT2D eigenvalue weighted by Gasteiger charge is -2.10. The molecule has 0 radical (unpaired) electrons. The molecule has 0 fully saturated rings. The lowest BCUT2D eigenvalue weighted by atomic mass is 10.1. The lowest BCUT2D eigenvalue weighted by molar-refractivity contribution is -0.388. The maximum absolute atomic E-state index is 12.8. The second kappa shape index (κ2) is 5.49.